The number of nitrogens with zero attached hydrogens (tertiary/aromatic N) is 1. The first-order valence-electron chi connectivity index (χ1n) is 2.95. The lowest BCUT2D eigenvalue weighted by Gasteiger charge is -2.17. The molecule has 0 spiro atoms. The van der Waals surface area contributed by atoms with E-state index in [1.165, 1.54) is 5.01 Å². The Kier molecular flexibility index (Phi) is 5.13. The van der Waals surface area contributed by atoms with Gasteiger partial charge in [0.25, 0.3) is 0 Å². The molecule has 0 aliphatic heterocycles. The van der Waals surface area contributed by atoms with Crippen molar-refractivity contribution in [2.45, 2.75) is 6.42 Å². The maximum absolute atomic E-state index is 5.41. The zero-order chi connectivity index (χ0) is 7.98. The smallest absolute Gasteiger partial charge is 0.197 e. The van der Waals surface area contributed by atoms with Crippen LogP contribution in [0.1, 0.15) is 6.42 Å². The summed E-state index contributed by atoms with van der Waals surface area (Å²) in [5.41, 5.74) is 7.51. The number of hydrogen-bond donors (Lipinski definition) is 4. The molecule has 0 heterocycles. The highest BCUT2D eigenvalue weighted by molar-refractivity contribution is 7.80. The number of thiocarbonyl (C=S) groups is 1. The molecule has 0 saturated carbocycles. The molecule has 5 nitrogen and oxygen atoms in total. The van der Waals surface area contributed by atoms with E-state index in [1.54, 1.807) is 0 Å². The van der Waals surface area contributed by atoms with Crippen molar-refractivity contribution in [3.63, 3.8) is 0 Å². The van der Waals surface area contributed by atoms with Crippen molar-refractivity contribution in [3.05, 3.63) is 0 Å². The summed E-state index contributed by atoms with van der Waals surface area (Å²) in [6.07, 6.45) is 0.804. The molecule has 7 N–H and O–H groups in total. The lowest BCUT2D eigenvalue weighted by molar-refractivity contribution is 0.425. The summed E-state index contributed by atoms with van der Waals surface area (Å²) >= 11 is 4.72. The van der Waals surface area contributed by atoms with E-state index in [0.717, 1.165) is 6.42 Å². The molecule has 0 aliphatic rings. The molecule has 0 aliphatic carbocycles. The van der Waals surface area contributed by atoms with Gasteiger partial charge in [-0.2, -0.15) is 0 Å². The van der Waals surface area contributed by atoms with Crippen molar-refractivity contribution >= 4 is 17.3 Å². The predicted molar refractivity (Wildman–Crippen MR) is 44.5 cm³/mol. The lowest BCUT2D eigenvalue weighted by atomic mass is 10.4. The second-order valence-corrected chi connectivity index (χ2v) is 2.17. The first-order valence-corrected chi connectivity index (χ1v) is 3.36. The summed E-state index contributed by atoms with van der Waals surface area (Å²) < 4.78 is 0. The van der Waals surface area contributed by atoms with Gasteiger partial charge >= 0.3 is 0 Å². The molecule has 6 heteroatoms. The molecule has 0 unspecified atom stereocenters. The second kappa shape index (κ2) is 5.36. The Morgan fingerprint density at radius 2 is 2.20 bits per heavy atom. The molecule has 60 valence electrons. The number of rotatable bonds is 3. The highest BCUT2D eigenvalue weighted by atomic mass is 32.1. The molecule has 0 saturated heterocycles. The van der Waals surface area contributed by atoms with Crippen LogP contribution in [0.15, 0.2) is 0 Å². The average molecular weight is 163 g/mol. The van der Waals surface area contributed by atoms with Crippen LogP contribution in [0.4, 0.5) is 0 Å². The number of hydrazine groups is 2. The maximum atomic E-state index is 5.41. The third-order valence-corrected chi connectivity index (χ3v) is 1.34. The number of nitrogens with one attached hydrogen (secondary N) is 1. The molecule has 0 atom stereocenters. The lowest BCUT2D eigenvalue weighted by Crippen LogP contribution is -2.47. The fourth-order valence-corrected chi connectivity index (χ4v) is 0.537. The van der Waals surface area contributed by atoms with Gasteiger partial charge in [0.2, 0.25) is 0 Å². The minimum Gasteiger partial charge on any atom is -0.330 e. The van der Waals surface area contributed by atoms with Crippen LogP contribution in [-0.2, 0) is 0 Å². The predicted octanol–water partition coefficient (Wildman–Crippen LogP) is -1.74. The molecule has 10 heavy (non-hydrogen) atoms. The topological polar surface area (TPSA) is 93.3 Å². The SMILES string of the molecule is NCCCN(N)C(=S)NN. The summed E-state index contributed by atoms with van der Waals surface area (Å²) in [5.74, 6) is 10.4. The Labute approximate surface area is 65.5 Å². The van der Waals surface area contributed by atoms with Crippen LogP contribution in [0, 0.1) is 0 Å². The minimum atomic E-state index is 0.327. The largest absolute Gasteiger partial charge is 0.330 e. The molecule has 0 radical (unpaired) electrons. The monoisotopic (exact) mass is 163 g/mol. The van der Waals surface area contributed by atoms with Crippen molar-refractivity contribution < 1.29 is 0 Å². The van der Waals surface area contributed by atoms with Gasteiger partial charge in [-0.05, 0) is 25.2 Å². The summed E-state index contributed by atoms with van der Waals surface area (Å²) in [4.78, 5) is 0. The first kappa shape index (κ1) is 9.57. The third-order valence-electron chi connectivity index (χ3n) is 0.987. The Hall–Kier alpha value is -0.430. The van der Waals surface area contributed by atoms with E-state index in [9.17, 15) is 0 Å². The van der Waals surface area contributed by atoms with Crippen molar-refractivity contribution in [2.24, 2.45) is 17.4 Å². The van der Waals surface area contributed by atoms with E-state index >= 15 is 0 Å². The van der Waals surface area contributed by atoms with Crippen LogP contribution in [0.25, 0.3) is 0 Å². The maximum Gasteiger partial charge on any atom is 0.197 e. The van der Waals surface area contributed by atoms with Gasteiger partial charge in [0.15, 0.2) is 5.11 Å². The van der Waals surface area contributed by atoms with Gasteiger partial charge in [0.1, 0.15) is 0 Å². The summed E-state index contributed by atoms with van der Waals surface area (Å²) in [5, 5.41) is 1.68. The minimum absolute atomic E-state index is 0.327. The van der Waals surface area contributed by atoms with Gasteiger partial charge in [0.05, 0.1) is 0 Å². The Morgan fingerprint density at radius 3 is 2.60 bits per heavy atom. The molecule has 0 rings (SSSR count). The van der Waals surface area contributed by atoms with Gasteiger partial charge in [-0.15, -0.1) is 0 Å². The van der Waals surface area contributed by atoms with Crippen LogP contribution in [0.2, 0.25) is 0 Å². The van der Waals surface area contributed by atoms with Crippen molar-refractivity contribution in [3.8, 4) is 0 Å². The summed E-state index contributed by atoms with van der Waals surface area (Å²) in [6.45, 7) is 1.22. The van der Waals surface area contributed by atoms with Gasteiger partial charge in [-0.25, -0.2) is 11.7 Å². The van der Waals surface area contributed by atoms with Gasteiger partial charge in [-0.3, -0.25) is 10.4 Å². The highest BCUT2D eigenvalue weighted by Gasteiger charge is 1.99. The first-order chi connectivity index (χ1) is 4.72. The van der Waals surface area contributed by atoms with E-state index in [-0.39, 0.29) is 0 Å². The van der Waals surface area contributed by atoms with Crippen LogP contribution in [-0.4, -0.2) is 23.2 Å². The average Bonchev–Trinajstić information content (AvgIpc) is 1.98. The molecule has 0 aromatic rings. The molecule has 0 aromatic heterocycles. The Bertz CT molecular complexity index is 106. The van der Waals surface area contributed by atoms with Gasteiger partial charge in [0, 0.05) is 6.54 Å². The third kappa shape index (κ3) is 3.57. The highest BCUT2D eigenvalue weighted by Crippen LogP contribution is 1.81. The fourth-order valence-electron chi connectivity index (χ4n) is 0.446. The van der Waals surface area contributed by atoms with Crippen LogP contribution >= 0.6 is 12.2 Å². The molecule has 0 fully saturated rings. The quantitative estimate of drug-likeness (QED) is 0.224. The molecule has 0 aromatic carbocycles. The molecule has 0 bridgehead atoms. The van der Waals surface area contributed by atoms with E-state index in [2.05, 4.69) is 5.43 Å². The van der Waals surface area contributed by atoms with Crippen molar-refractivity contribution in [1.29, 1.82) is 0 Å². The van der Waals surface area contributed by atoms with Crippen molar-refractivity contribution in [1.82, 2.24) is 10.4 Å². The van der Waals surface area contributed by atoms with Gasteiger partial charge in [-0.1, -0.05) is 0 Å². The van der Waals surface area contributed by atoms with Gasteiger partial charge < -0.3 is 5.73 Å². The zero-order valence-electron chi connectivity index (χ0n) is 5.71. The number of nitrogens with two attached hydrogens (primary N) is 3. The summed E-state index contributed by atoms with van der Waals surface area (Å²) in [7, 11) is 0. The van der Waals surface area contributed by atoms with E-state index < -0.39 is 0 Å². The molecular formula is C4H13N5S. The second-order valence-electron chi connectivity index (χ2n) is 1.79. The van der Waals surface area contributed by atoms with Crippen molar-refractivity contribution in [2.75, 3.05) is 13.1 Å². The van der Waals surface area contributed by atoms with Crippen LogP contribution in [0.5, 0.6) is 0 Å². The van der Waals surface area contributed by atoms with E-state index in [1.807, 2.05) is 0 Å². The van der Waals surface area contributed by atoms with E-state index in [4.69, 9.17) is 29.6 Å². The Balaban J connectivity index is 3.41. The van der Waals surface area contributed by atoms with E-state index in [0.29, 0.717) is 18.2 Å². The summed E-state index contributed by atoms with van der Waals surface area (Å²) in [6, 6.07) is 0. The normalized spacial score (nSPS) is 9.10. The zero-order valence-corrected chi connectivity index (χ0v) is 6.53. The number of hydrogen-bond acceptors (Lipinski definition) is 4. The standard InChI is InChI=1S/C4H13N5S/c5-2-1-3-9(7)4(10)8-6/h1-3,5-7H2,(H,8,10). The van der Waals surface area contributed by atoms with Crippen LogP contribution in [0.3, 0.4) is 0 Å². The fraction of sp³-hybridized carbons (Fsp3) is 0.750. The molecular weight excluding hydrogens is 150 g/mol. The molecule has 0 amide bonds. The van der Waals surface area contributed by atoms with Crippen LogP contribution < -0.4 is 22.8 Å². The Morgan fingerprint density at radius 1 is 1.60 bits per heavy atom.